The highest BCUT2D eigenvalue weighted by atomic mass is 16.2. The molecule has 0 aromatic heterocycles. The van der Waals surface area contributed by atoms with Crippen LogP contribution in [0.4, 0.5) is 0 Å². The molecule has 0 unspecified atom stereocenters. The van der Waals surface area contributed by atoms with Gasteiger partial charge < -0.3 is 5.32 Å². The third-order valence-corrected chi connectivity index (χ3v) is 6.85. The molecule has 0 aromatic carbocycles. The van der Waals surface area contributed by atoms with Crippen molar-refractivity contribution in [2.45, 2.75) is 65.3 Å². The van der Waals surface area contributed by atoms with E-state index >= 15 is 0 Å². The van der Waals surface area contributed by atoms with Crippen LogP contribution in [0, 0.1) is 16.7 Å². The van der Waals surface area contributed by atoms with Crippen LogP contribution in [0.2, 0.25) is 0 Å². The van der Waals surface area contributed by atoms with Crippen LogP contribution in [-0.2, 0) is 14.4 Å². The molecular weight excluding hydrogens is 280 g/mol. The summed E-state index contributed by atoms with van der Waals surface area (Å²) in [6.45, 7) is 7.15. The number of carbonyl (C=O) groups is 3. The lowest BCUT2D eigenvalue weighted by atomic mass is 9.69. The van der Waals surface area contributed by atoms with Crippen molar-refractivity contribution >= 4 is 17.7 Å². The minimum Gasteiger partial charge on any atom is -0.353 e. The molecule has 0 radical (unpaired) electrons. The zero-order chi connectivity index (χ0) is 16.1. The Kier molecular flexibility index (Phi) is 3.57. The summed E-state index contributed by atoms with van der Waals surface area (Å²) in [4.78, 5) is 36.6. The van der Waals surface area contributed by atoms with Crippen molar-refractivity contribution in [1.29, 1.82) is 0 Å². The van der Waals surface area contributed by atoms with E-state index in [1.807, 2.05) is 0 Å². The number of nitrogens with zero attached hydrogens (tertiary/aromatic N) is 1. The molecule has 1 heterocycles. The molecule has 1 aliphatic heterocycles. The van der Waals surface area contributed by atoms with Gasteiger partial charge in [-0.1, -0.05) is 20.8 Å². The van der Waals surface area contributed by atoms with E-state index in [4.69, 9.17) is 0 Å². The third kappa shape index (κ3) is 2.17. The van der Waals surface area contributed by atoms with Gasteiger partial charge in [-0.3, -0.25) is 19.3 Å². The number of fused-ring (bicyclic) bond motifs is 2. The van der Waals surface area contributed by atoms with Crippen LogP contribution < -0.4 is 5.32 Å². The summed E-state index contributed by atoms with van der Waals surface area (Å²) in [5.74, 6) is 0.350. The van der Waals surface area contributed by atoms with Crippen molar-refractivity contribution in [2.24, 2.45) is 16.7 Å². The van der Waals surface area contributed by atoms with Crippen molar-refractivity contribution < 1.29 is 14.4 Å². The lowest BCUT2D eigenvalue weighted by molar-refractivity contribution is -0.138. The SMILES string of the molecule is CC1(C)[C@H]2CC[C@@]1(C)[C@@H](NC(=O)CCN1C(=O)CCC1=O)C2. The van der Waals surface area contributed by atoms with Gasteiger partial charge in [0, 0.05) is 31.8 Å². The number of amides is 3. The summed E-state index contributed by atoms with van der Waals surface area (Å²) in [7, 11) is 0. The first-order chi connectivity index (χ1) is 10.3. The quantitative estimate of drug-likeness (QED) is 0.806. The van der Waals surface area contributed by atoms with E-state index in [2.05, 4.69) is 26.1 Å². The van der Waals surface area contributed by atoms with Crippen LogP contribution in [0.25, 0.3) is 0 Å². The zero-order valence-electron chi connectivity index (χ0n) is 13.8. The number of rotatable bonds is 4. The van der Waals surface area contributed by atoms with Gasteiger partial charge in [0.15, 0.2) is 0 Å². The summed E-state index contributed by atoms with van der Waals surface area (Å²) >= 11 is 0. The lowest BCUT2D eigenvalue weighted by Crippen LogP contribution is -2.47. The van der Waals surface area contributed by atoms with Gasteiger partial charge in [0.2, 0.25) is 17.7 Å². The van der Waals surface area contributed by atoms with E-state index in [-0.39, 0.29) is 60.4 Å². The maximum atomic E-state index is 12.2. The minimum absolute atomic E-state index is 0.0397. The number of carbonyl (C=O) groups excluding carboxylic acids is 3. The number of likely N-dealkylation sites (tertiary alicyclic amines) is 1. The van der Waals surface area contributed by atoms with Crippen LogP contribution >= 0.6 is 0 Å². The largest absolute Gasteiger partial charge is 0.353 e. The number of hydrogen-bond donors (Lipinski definition) is 1. The fraction of sp³-hybridized carbons (Fsp3) is 0.824. The topological polar surface area (TPSA) is 66.5 Å². The van der Waals surface area contributed by atoms with Crippen LogP contribution in [0.5, 0.6) is 0 Å². The summed E-state index contributed by atoms with van der Waals surface area (Å²) in [5.41, 5.74) is 0.429. The Morgan fingerprint density at radius 3 is 2.36 bits per heavy atom. The molecule has 5 heteroatoms. The first-order valence-electron chi connectivity index (χ1n) is 8.38. The van der Waals surface area contributed by atoms with Crippen LogP contribution in [0.15, 0.2) is 0 Å². The van der Waals surface area contributed by atoms with Crippen LogP contribution in [0.1, 0.15) is 59.3 Å². The highest BCUT2D eigenvalue weighted by Crippen LogP contribution is 2.65. The highest BCUT2D eigenvalue weighted by molar-refractivity contribution is 6.02. The Labute approximate surface area is 131 Å². The van der Waals surface area contributed by atoms with E-state index < -0.39 is 0 Å². The monoisotopic (exact) mass is 306 g/mol. The summed E-state index contributed by atoms with van der Waals surface area (Å²) < 4.78 is 0. The number of nitrogens with one attached hydrogen (secondary N) is 1. The predicted octanol–water partition coefficient (Wildman–Crippen LogP) is 1.86. The summed E-state index contributed by atoms with van der Waals surface area (Å²) in [6.07, 6.45) is 4.27. The number of imide groups is 1. The molecule has 1 saturated heterocycles. The minimum atomic E-state index is -0.147. The summed E-state index contributed by atoms with van der Waals surface area (Å²) in [5, 5.41) is 3.17. The van der Waals surface area contributed by atoms with Gasteiger partial charge in [0.25, 0.3) is 0 Å². The van der Waals surface area contributed by atoms with Crippen molar-refractivity contribution in [3.05, 3.63) is 0 Å². The lowest BCUT2D eigenvalue weighted by Gasteiger charge is -2.39. The standard InChI is InChI=1S/C17H26N2O3/c1-16(2)11-6-8-17(16,3)12(10-11)18-13(20)7-9-19-14(21)4-5-15(19)22/h11-12H,4-10H2,1-3H3,(H,18,20)/t11-,12-,17-/m0/s1. The number of hydrogen-bond acceptors (Lipinski definition) is 3. The average Bonchev–Trinajstić information content (AvgIpc) is 2.94. The highest BCUT2D eigenvalue weighted by Gasteiger charge is 2.61. The normalized spacial score (nSPS) is 36.2. The van der Waals surface area contributed by atoms with E-state index in [1.54, 1.807) is 0 Å². The van der Waals surface area contributed by atoms with Crippen molar-refractivity contribution in [3.8, 4) is 0 Å². The molecular formula is C17H26N2O3. The Morgan fingerprint density at radius 1 is 1.23 bits per heavy atom. The van der Waals surface area contributed by atoms with Crippen molar-refractivity contribution in [2.75, 3.05) is 6.54 Å². The molecule has 3 fully saturated rings. The fourth-order valence-corrected chi connectivity index (χ4v) is 4.77. The van der Waals surface area contributed by atoms with Gasteiger partial charge in [-0.2, -0.15) is 0 Å². The van der Waals surface area contributed by atoms with Gasteiger partial charge in [0.05, 0.1) is 0 Å². The maximum Gasteiger partial charge on any atom is 0.229 e. The fourth-order valence-electron chi connectivity index (χ4n) is 4.77. The van der Waals surface area contributed by atoms with Crippen LogP contribution in [-0.4, -0.2) is 35.2 Å². The molecule has 0 aromatic rings. The van der Waals surface area contributed by atoms with Gasteiger partial charge in [-0.05, 0) is 36.0 Å². The molecule has 1 N–H and O–H groups in total. The van der Waals surface area contributed by atoms with Gasteiger partial charge >= 0.3 is 0 Å². The Morgan fingerprint density at radius 2 is 1.86 bits per heavy atom. The first kappa shape index (κ1) is 15.5. The van der Waals surface area contributed by atoms with Crippen molar-refractivity contribution in [3.63, 3.8) is 0 Å². The van der Waals surface area contributed by atoms with Crippen molar-refractivity contribution in [1.82, 2.24) is 10.2 Å². The van der Waals surface area contributed by atoms with E-state index in [0.717, 1.165) is 6.42 Å². The van der Waals surface area contributed by atoms with E-state index in [1.165, 1.54) is 17.7 Å². The molecule has 0 spiro atoms. The van der Waals surface area contributed by atoms with E-state index in [9.17, 15) is 14.4 Å². The first-order valence-corrected chi connectivity index (χ1v) is 8.38. The molecule has 2 aliphatic carbocycles. The smallest absolute Gasteiger partial charge is 0.229 e. The molecule has 2 bridgehead atoms. The van der Waals surface area contributed by atoms with E-state index in [0.29, 0.717) is 5.92 Å². The van der Waals surface area contributed by atoms with Gasteiger partial charge in [0.1, 0.15) is 0 Å². The molecule has 3 aliphatic rings. The third-order valence-electron chi connectivity index (χ3n) is 6.85. The molecule has 5 nitrogen and oxygen atoms in total. The second-order valence-corrected chi connectivity index (χ2v) is 7.92. The second kappa shape index (κ2) is 5.07. The molecule has 3 rings (SSSR count). The van der Waals surface area contributed by atoms with Gasteiger partial charge in [-0.15, -0.1) is 0 Å². The second-order valence-electron chi connectivity index (χ2n) is 7.92. The predicted molar refractivity (Wildman–Crippen MR) is 81.7 cm³/mol. The molecule has 2 saturated carbocycles. The average molecular weight is 306 g/mol. The Balaban J connectivity index is 1.55. The molecule has 122 valence electrons. The molecule has 22 heavy (non-hydrogen) atoms. The van der Waals surface area contributed by atoms with Crippen LogP contribution in [0.3, 0.4) is 0 Å². The maximum absolute atomic E-state index is 12.2. The summed E-state index contributed by atoms with van der Waals surface area (Å²) in [6, 6.07) is 0.221. The van der Waals surface area contributed by atoms with Gasteiger partial charge in [-0.25, -0.2) is 0 Å². The molecule has 3 atom stereocenters. The molecule has 3 amide bonds. The Hall–Kier alpha value is -1.39. The Bertz CT molecular complexity index is 512. The zero-order valence-corrected chi connectivity index (χ0v) is 13.8.